The molecular weight excluding hydrogens is 232 g/mol. The number of hydrogen-bond acceptors (Lipinski definition) is 2. The van der Waals surface area contributed by atoms with Gasteiger partial charge in [-0.3, -0.25) is 4.90 Å². The number of nitrogens with zero attached hydrogens (tertiary/aromatic N) is 1. The summed E-state index contributed by atoms with van der Waals surface area (Å²) in [5, 5.41) is 3.80. The minimum absolute atomic E-state index is 0.442. The summed E-state index contributed by atoms with van der Waals surface area (Å²) in [6.07, 6.45) is 1.27. The van der Waals surface area contributed by atoms with Gasteiger partial charge in [-0.15, -0.1) is 0 Å². The molecule has 1 aliphatic heterocycles. The van der Waals surface area contributed by atoms with Crippen LogP contribution in [0.3, 0.4) is 0 Å². The molecule has 0 radical (unpaired) electrons. The Labute approximate surface area is 118 Å². The summed E-state index contributed by atoms with van der Waals surface area (Å²) in [7, 11) is 0. The molecule has 2 rings (SSSR count). The predicted octanol–water partition coefficient (Wildman–Crippen LogP) is 3.44. The molecule has 2 unspecified atom stereocenters. The zero-order chi connectivity index (χ0) is 14.0. The molecule has 1 fully saturated rings. The number of nitrogens with one attached hydrogen (secondary N) is 1. The molecule has 19 heavy (non-hydrogen) atoms. The third-order valence-electron chi connectivity index (χ3n) is 4.33. The second kappa shape index (κ2) is 6.06. The van der Waals surface area contributed by atoms with Crippen LogP contribution in [0.5, 0.6) is 0 Å². The van der Waals surface area contributed by atoms with Gasteiger partial charge in [-0.05, 0) is 58.7 Å². The SMILES string of the molecule is Cc1ccc(C(C)NC2CCN(C(C)C)C2)c(C)c1. The van der Waals surface area contributed by atoms with Crippen LogP contribution in [0.15, 0.2) is 18.2 Å². The first-order chi connectivity index (χ1) is 8.97. The molecular formula is C17H28N2. The minimum Gasteiger partial charge on any atom is -0.306 e. The van der Waals surface area contributed by atoms with Gasteiger partial charge in [-0.25, -0.2) is 0 Å². The minimum atomic E-state index is 0.442. The second-order valence-electron chi connectivity index (χ2n) is 6.32. The highest BCUT2D eigenvalue weighted by molar-refractivity contribution is 5.32. The summed E-state index contributed by atoms with van der Waals surface area (Å²) < 4.78 is 0. The Kier molecular flexibility index (Phi) is 4.64. The number of hydrogen-bond donors (Lipinski definition) is 1. The predicted molar refractivity (Wildman–Crippen MR) is 82.6 cm³/mol. The van der Waals surface area contributed by atoms with Crippen LogP contribution < -0.4 is 5.32 Å². The van der Waals surface area contributed by atoms with E-state index in [1.165, 1.54) is 36.2 Å². The number of benzene rings is 1. The fraction of sp³-hybridized carbons (Fsp3) is 0.647. The Bertz CT molecular complexity index is 425. The van der Waals surface area contributed by atoms with Gasteiger partial charge in [0.15, 0.2) is 0 Å². The molecule has 0 aliphatic carbocycles. The molecule has 1 aromatic rings. The third kappa shape index (κ3) is 3.58. The van der Waals surface area contributed by atoms with E-state index >= 15 is 0 Å². The quantitative estimate of drug-likeness (QED) is 0.892. The molecule has 1 saturated heterocycles. The van der Waals surface area contributed by atoms with Gasteiger partial charge in [0, 0.05) is 24.7 Å². The lowest BCUT2D eigenvalue weighted by molar-refractivity contribution is 0.266. The van der Waals surface area contributed by atoms with Crippen LogP contribution >= 0.6 is 0 Å². The maximum absolute atomic E-state index is 3.80. The lowest BCUT2D eigenvalue weighted by Crippen LogP contribution is -2.36. The Morgan fingerprint density at radius 3 is 2.53 bits per heavy atom. The van der Waals surface area contributed by atoms with E-state index in [-0.39, 0.29) is 0 Å². The molecule has 2 nitrogen and oxygen atoms in total. The number of rotatable bonds is 4. The van der Waals surface area contributed by atoms with Gasteiger partial charge >= 0.3 is 0 Å². The molecule has 1 heterocycles. The summed E-state index contributed by atoms with van der Waals surface area (Å²) in [4.78, 5) is 2.56. The molecule has 2 atom stereocenters. The molecule has 0 spiro atoms. The highest BCUT2D eigenvalue weighted by Crippen LogP contribution is 2.21. The largest absolute Gasteiger partial charge is 0.306 e. The van der Waals surface area contributed by atoms with Gasteiger partial charge < -0.3 is 5.32 Å². The van der Waals surface area contributed by atoms with E-state index in [0.717, 1.165) is 0 Å². The summed E-state index contributed by atoms with van der Waals surface area (Å²) in [5.74, 6) is 0. The van der Waals surface area contributed by atoms with Gasteiger partial charge in [0.25, 0.3) is 0 Å². The molecule has 1 N–H and O–H groups in total. The molecule has 0 saturated carbocycles. The van der Waals surface area contributed by atoms with Gasteiger partial charge in [0.1, 0.15) is 0 Å². The average Bonchev–Trinajstić information content (AvgIpc) is 2.77. The fourth-order valence-corrected chi connectivity index (χ4v) is 3.15. The van der Waals surface area contributed by atoms with Crippen molar-refractivity contribution >= 4 is 0 Å². The molecule has 1 aromatic carbocycles. The Hall–Kier alpha value is -0.860. The number of likely N-dealkylation sites (tertiary alicyclic amines) is 1. The average molecular weight is 260 g/mol. The van der Waals surface area contributed by atoms with Crippen molar-refractivity contribution in [3.63, 3.8) is 0 Å². The molecule has 0 aromatic heterocycles. The lowest BCUT2D eigenvalue weighted by atomic mass is 9.99. The smallest absolute Gasteiger partial charge is 0.0297 e. The van der Waals surface area contributed by atoms with E-state index in [4.69, 9.17) is 0 Å². The van der Waals surface area contributed by atoms with E-state index in [2.05, 4.69) is 63.0 Å². The molecule has 0 amide bonds. The Balaban J connectivity index is 1.96. The van der Waals surface area contributed by atoms with Crippen molar-refractivity contribution in [2.75, 3.05) is 13.1 Å². The first kappa shape index (κ1) is 14.5. The maximum atomic E-state index is 3.80. The monoisotopic (exact) mass is 260 g/mol. The maximum Gasteiger partial charge on any atom is 0.0297 e. The van der Waals surface area contributed by atoms with E-state index in [9.17, 15) is 0 Å². The van der Waals surface area contributed by atoms with Crippen molar-refractivity contribution in [1.29, 1.82) is 0 Å². The molecule has 106 valence electrons. The summed E-state index contributed by atoms with van der Waals surface area (Å²) in [5.41, 5.74) is 4.19. The highest BCUT2D eigenvalue weighted by atomic mass is 15.2. The van der Waals surface area contributed by atoms with Gasteiger partial charge in [0.2, 0.25) is 0 Å². The standard InChI is InChI=1S/C17H28N2/c1-12(2)19-9-8-16(11-19)18-15(5)17-7-6-13(3)10-14(17)4/h6-7,10,12,15-16,18H,8-9,11H2,1-5H3. The zero-order valence-electron chi connectivity index (χ0n) is 13.0. The third-order valence-corrected chi connectivity index (χ3v) is 4.33. The Morgan fingerprint density at radius 2 is 1.95 bits per heavy atom. The summed E-state index contributed by atoms with van der Waals surface area (Å²) >= 11 is 0. The van der Waals surface area contributed by atoms with E-state index in [1.54, 1.807) is 0 Å². The van der Waals surface area contributed by atoms with Crippen molar-refractivity contribution in [2.45, 2.75) is 59.2 Å². The molecule has 2 heteroatoms. The first-order valence-electron chi connectivity index (χ1n) is 7.54. The molecule has 0 bridgehead atoms. The first-order valence-corrected chi connectivity index (χ1v) is 7.54. The fourth-order valence-electron chi connectivity index (χ4n) is 3.15. The van der Waals surface area contributed by atoms with Crippen molar-refractivity contribution in [1.82, 2.24) is 10.2 Å². The van der Waals surface area contributed by atoms with Crippen LogP contribution in [0, 0.1) is 13.8 Å². The van der Waals surface area contributed by atoms with Gasteiger partial charge in [-0.1, -0.05) is 23.8 Å². The van der Waals surface area contributed by atoms with E-state index in [0.29, 0.717) is 18.1 Å². The Morgan fingerprint density at radius 1 is 1.21 bits per heavy atom. The topological polar surface area (TPSA) is 15.3 Å². The van der Waals surface area contributed by atoms with Crippen LogP contribution in [0.1, 0.15) is 49.9 Å². The van der Waals surface area contributed by atoms with Crippen LogP contribution in [0.4, 0.5) is 0 Å². The normalized spacial score (nSPS) is 22.1. The zero-order valence-corrected chi connectivity index (χ0v) is 13.0. The van der Waals surface area contributed by atoms with E-state index in [1.807, 2.05) is 0 Å². The van der Waals surface area contributed by atoms with Crippen molar-refractivity contribution in [3.8, 4) is 0 Å². The number of aryl methyl sites for hydroxylation is 2. The van der Waals surface area contributed by atoms with Crippen LogP contribution in [0.25, 0.3) is 0 Å². The van der Waals surface area contributed by atoms with Crippen molar-refractivity contribution in [2.24, 2.45) is 0 Å². The van der Waals surface area contributed by atoms with Crippen LogP contribution in [0.2, 0.25) is 0 Å². The van der Waals surface area contributed by atoms with Crippen LogP contribution in [-0.4, -0.2) is 30.1 Å². The summed E-state index contributed by atoms with van der Waals surface area (Å²) in [6, 6.07) is 8.52. The van der Waals surface area contributed by atoms with Crippen molar-refractivity contribution in [3.05, 3.63) is 34.9 Å². The second-order valence-corrected chi connectivity index (χ2v) is 6.32. The summed E-state index contributed by atoms with van der Waals surface area (Å²) in [6.45, 7) is 13.7. The van der Waals surface area contributed by atoms with Gasteiger partial charge in [0.05, 0.1) is 0 Å². The van der Waals surface area contributed by atoms with Crippen molar-refractivity contribution < 1.29 is 0 Å². The van der Waals surface area contributed by atoms with Crippen LogP contribution in [-0.2, 0) is 0 Å². The van der Waals surface area contributed by atoms with E-state index < -0.39 is 0 Å². The molecule has 1 aliphatic rings. The van der Waals surface area contributed by atoms with Gasteiger partial charge in [-0.2, -0.15) is 0 Å². The highest BCUT2D eigenvalue weighted by Gasteiger charge is 2.25. The lowest BCUT2D eigenvalue weighted by Gasteiger charge is -2.23.